The van der Waals surface area contributed by atoms with Gasteiger partial charge in [-0.3, -0.25) is 0 Å². The molecule has 21 atom stereocenters. The summed E-state index contributed by atoms with van der Waals surface area (Å²) in [6, 6.07) is 0. The number of aliphatic hydroxyl groups excluding tert-OH is 2. The fourth-order valence-electron chi connectivity index (χ4n) is 19.0. The lowest BCUT2D eigenvalue weighted by molar-refractivity contribution is -0.174. The lowest BCUT2D eigenvalue weighted by Crippen LogP contribution is -2.58. The van der Waals surface area contributed by atoms with E-state index >= 15 is 0 Å². The van der Waals surface area contributed by atoms with Gasteiger partial charge in [0.25, 0.3) is 0 Å². The van der Waals surface area contributed by atoms with Gasteiger partial charge in [-0.05, 0) is 219 Å². The molecule has 0 spiro atoms. The van der Waals surface area contributed by atoms with Crippen molar-refractivity contribution in [2.24, 2.45) is 116 Å². The lowest BCUT2D eigenvalue weighted by Gasteiger charge is -2.63. The second kappa shape index (κ2) is 16.7. The highest BCUT2D eigenvalue weighted by molar-refractivity contribution is 5.13. The van der Waals surface area contributed by atoms with E-state index in [-0.39, 0.29) is 12.2 Å². The first-order valence-electron chi connectivity index (χ1n) is 25.8. The third-order valence-corrected chi connectivity index (χ3v) is 22.6. The average molecular weight is 777 g/mol. The molecule has 0 saturated heterocycles. The van der Waals surface area contributed by atoms with E-state index in [9.17, 15) is 10.2 Å². The lowest BCUT2D eigenvalue weighted by atomic mass is 9.42. The fourth-order valence-corrected chi connectivity index (χ4v) is 19.0. The van der Waals surface area contributed by atoms with E-state index in [1.54, 1.807) is 25.7 Å². The van der Waals surface area contributed by atoms with Crippen molar-refractivity contribution in [1.29, 1.82) is 0 Å². The first-order valence-corrected chi connectivity index (χ1v) is 25.8. The highest BCUT2D eigenvalue weighted by atomic mass is 16.3. The van der Waals surface area contributed by atoms with Crippen LogP contribution in [0.2, 0.25) is 0 Å². The van der Waals surface area contributed by atoms with Gasteiger partial charge in [0.2, 0.25) is 0 Å². The normalized spacial score (nSPS) is 52.6. The Morgan fingerprint density at radius 1 is 0.518 bits per heavy atom. The van der Waals surface area contributed by atoms with E-state index in [0.29, 0.717) is 45.3 Å². The van der Waals surface area contributed by atoms with E-state index in [1.165, 1.54) is 83.5 Å². The largest absolute Gasteiger partial charge is 0.393 e. The third-order valence-electron chi connectivity index (χ3n) is 22.6. The summed E-state index contributed by atoms with van der Waals surface area (Å²) >= 11 is 0. The van der Waals surface area contributed by atoms with Gasteiger partial charge < -0.3 is 10.2 Å². The number of aliphatic hydroxyl groups is 2. The molecule has 2 heteroatoms. The van der Waals surface area contributed by atoms with E-state index in [4.69, 9.17) is 0 Å². The fraction of sp³-hybridized carbons (Fsp3) is 1.00. The van der Waals surface area contributed by atoms with E-state index in [2.05, 4.69) is 83.1 Å². The number of rotatable bonds is 8. The Morgan fingerprint density at radius 3 is 1.62 bits per heavy atom. The van der Waals surface area contributed by atoms with Gasteiger partial charge in [-0.1, -0.05) is 109 Å². The summed E-state index contributed by atoms with van der Waals surface area (Å²) in [5.74, 6) is 13.8. The van der Waals surface area contributed by atoms with Gasteiger partial charge >= 0.3 is 0 Å². The second-order valence-corrected chi connectivity index (χ2v) is 25.1. The van der Waals surface area contributed by atoms with Crippen LogP contribution in [0.15, 0.2) is 0 Å². The summed E-state index contributed by atoms with van der Waals surface area (Å²) in [4.78, 5) is 0. The molecule has 0 bridgehead atoms. The topological polar surface area (TPSA) is 40.5 Å². The van der Waals surface area contributed by atoms with Crippen molar-refractivity contribution in [1.82, 2.24) is 0 Å². The molecule has 0 aromatic carbocycles. The molecule has 0 aliphatic heterocycles. The summed E-state index contributed by atoms with van der Waals surface area (Å²) in [5.41, 5.74) is 2.12. The van der Waals surface area contributed by atoms with Gasteiger partial charge in [0.1, 0.15) is 0 Å². The van der Waals surface area contributed by atoms with Gasteiger partial charge in [-0.15, -0.1) is 0 Å². The molecule has 8 aliphatic carbocycles. The number of fused-ring (bicyclic) bond motifs is 10. The molecule has 324 valence electrons. The van der Waals surface area contributed by atoms with Crippen LogP contribution in [0.5, 0.6) is 0 Å². The molecule has 8 saturated carbocycles. The first kappa shape index (κ1) is 44.0. The molecule has 2 nitrogen and oxygen atoms in total. The van der Waals surface area contributed by atoms with Crippen LogP contribution in [0.4, 0.5) is 0 Å². The molecule has 8 rings (SSSR count). The summed E-state index contributed by atoms with van der Waals surface area (Å²) in [6.07, 6.45) is 26.9. The number of hydrogen-bond acceptors (Lipinski definition) is 2. The monoisotopic (exact) mass is 777 g/mol. The average Bonchev–Trinajstić information content (AvgIpc) is 3.70. The Hall–Kier alpha value is -0.0800. The Morgan fingerprint density at radius 2 is 1.04 bits per heavy atom. The summed E-state index contributed by atoms with van der Waals surface area (Å²) < 4.78 is 0. The summed E-state index contributed by atoms with van der Waals surface area (Å²) in [5, 5.41) is 21.7. The van der Waals surface area contributed by atoms with Crippen molar-refractivity contribution in [3.8, 4) is 0 Å². The smallest absolute Gasteiger partial charge is 0.0577 e. The van der Waals surface area contributed by atoms with Crippen LogP contribution in [0.25, 0.3) is 0 Å². The Balaban J connectivity index is 0.000000175. The Kier molecular flexibility index (Phi) is 13.1. The molecule has 0 heterocycles. The van der Waals surface area contributed by atoms with Crippen molar-refractivity contribution < 1.29 is 10.2 Å². The standard InChI is InChI=1S/C29H52O2.C25H44/c1-7-20(18(2)3)9-8-19(4)23-10-11-24-27-25(13-15-29(23,24)6)28(5)14-12-22(30)16-21(28)17-26(27)31;1-7-17(3)20-8-9-21-23-18(4)15-19-14-16(2)10-12-24(19,5)22(23)11-13-25(20,21)6/h18-27,30-31H,7-17H2,1-6H3;16-23H,7-15H2,1-6H3/t19-,20-,21+,22?,23-,24?,25?,26?,27+,28+,29-;16?,17-,18?,19+,20-,21?,22?,23+,24+,25-/m11/s1. The van der Waals surface area contributed by atoms with Crippen molar-refractivity contribution in [3.63, 3.8) is 0 Å². The molecule has 0 aromatic rings. The third kappa shape index (κ3) is 7.39. The maximum atomic E-state index is 11.4. The molecule has 8 unspecified atom stereocenters. The molecule has 8 aliphatic rings. The highest BCUT2D eigenvalue weighted by Gasteiger charge is 2.64. The molecular formula is C54H96O2. The van der Waals surface area contributed by atoms with Crippen LogP contribution in [-0.2, 0) is 0 Å². The van der Waals surface area contributed by atoms with Gasteiger partial charge in [-0.2, -0.15) is 0 Å². The van der Waals surface area contributed by atoms with Crippen LogP contribution in [0.1, 0.15) is 212 Å². The zero-order valence-corrected chi connectivity index (χ0v) is 39.4. The summed E-state index contributed by atoms with van der Waals surface area (Å²) in [6.45, 7) is 30.5. The van der Waals surface area contributed by atoms with Crippen LogP contribution in [0, 0.1) is 116 Å². The molecule has 2 N–H and O–H groups in total. The maximum Gasteiger partial charge on any atom is 0.0577 e. The van der Waals surface area contributed by atoms with Crippen LogP contribution in [0.3, 0.4) is 0 Å². The quantitative estimate of drug-likeness (QED) is 0.258. The molecule has 0 amide bonds. The van der Waals surface area contributed by atoms with Crippen molar-refractivity contribution in [2.75, 3.05) is 0 Å². The Labute approximate surface area is 349 Å². The zero-order chi connectivity index (χ0) is 40.5. The predicted molar refractivity (Wildman–Crippen MR) is 238 cm³/mol. The van der Waals surface area contributed by atoms with Gasteiger partial charge in [0.15, 0.2) is 0 Å². The van der Waals surface area contributed by atoms with Gasteiger partial charge in [-0.25, -0.2) is 0 Å². The van der Waals surface area contributed by atoms with E-state index < -0.39 is 0 Å². The predicted octanol–water partition coefficient (Wildman–Crippen LogP) is 14.6. The van der Waals surface area contributed by atoms with Crippen LogP contribution < -0.4 is 0 Å². The second-order valence-electron chi connectivity index (χ2n) is 25.1. The Bertz CT molecular complexity index is 1310. The van der Waals surface area contributed by atoms with Crippen LogP contribution in [-0.4, -0.2) is 22.4 Å². The van der Waals surface area contributed by atoms with E-state index in [0.717, 1.165) is 90.3 Å². The molecular weight excluding hydrogens is 681 g/mol. The van der Waals surface area contributed by atoms with Crippen LogP contribution >= 0.6 is 0 Å². The van der Waals surface area contributed by atoms with Crippen molar-refractivity contribution in [3.05, 3.63) is 0 Å². The number of hydrogen-bond donors (Lipinski definition) is 2. The minimum absolute atomic E-state index is 0.134. The van der Waals surface area contributed by atoms with Gasteiger partial charge in [0, 0.05) is 0 Å². The van der Waals surface area contributed by atoms with Crippen molar-refractivity contribution >= 4 is 0 Å². The molecule has 8 fully saturated rings. The van der Waals surface area contributed by atoms with Gasteiger partial charge in [0.05, 0.1) is 12.2 Å². The van der Waals surface area contributed by atoms with Crippen molar-refractivity contribution in [2.45, 2.75) is 224 Å². The van der Waals surface area contributed by atoms with E-state index in [1.807, 2.05) is 0 Å². The highest BCUT2D eigenvalue weighted by Crippen LogP contribution is 2.71. The zero-order valence-electron chi connectivity index (χ0n) is 39.4. The SMILES string of the molecule is CC[C@@H](C)[C@H]1CCC2[C@@H]3C(C)C[C@@H]4CC(C)CC[C@]4(C)C3CC[C@@]21C.CC[C@H](CC[C@@H](C)[C@H]1CCC2[C@@H]3C(O)C[C@@H]4CC(O)CC[C@]4(C)C3CC[C@@]21C)C(C)C. The minimum atomic E-state index is -0.141. The molecule has 0 aromatic heterocycles. The first-order chi connectivity index (χ1) is 26.4. The minimum Gasteiger partial charge on any atom is -0.393 e. The molecule has 56 heavy (non-hydrogen) atoms. The molecule has 0 radical (unpaired) electrons. The summed E-state index contributed by atoms with van der Waals surface area (Å²) in [7, 11) is 0. The maximum absolute atomic E-state index is 11.4.